The predicted molar refractivity (Wildman–Crippen MR) is 140 cm³/mol. The topological polar surface area (TPSA) is 21.7 Å². The molecule has 0 spiro atoms. The minimum absolute atomic E-state index is 0.803. The number of ether oxygens (including phenoxy) is 2. The quantitative estimate of drug-likeness (QED) is 0.246. The summed E-state index contributed by atoms with van der Waals surface area (Å²) in [5.74, 6) is 3.29. The van der Waals surface area contributed by atoms with Crippen molar-refractivity contribution < 1.29 is 9.47 Å². The summed E-state index contributed by atoms with van der Waals surface area (Å²) in [6, 6.07) is 35.8. The second-order valence-corrected chi connectivity index (χ2v) is 9.66. The largest absolute Gasteiger partial charge is 0.453 e. The van der Waals surface area contributed by atoms with Crippen LogP contribution in [-0.2, 0) is 0 Å². The van der Waals surface area contributed by atoms with Crippen LogP contribution in [-0.4, -0.2) is 0 Å². The minimum atomic E-state index is 0.803. The average Bonchev–Trinajstić information content (AvgIpc) is 3.27. The molecule has 3 heterocycles. The number of thiophene rings is 1. The Kier molecular flexibility index (Phi) is 3.54. The molecule has 2 aliphatic rings. The van der Waals surface area contributed by atoms with Gasteiger partial charge >= 0.3 is 0 Å². The predicted octanol–water partition coefficient (Wildman–Crippen LogP) is 9.40. The average molecular weight is 456 g/mol. The summed E-state index contributed by atoms with van der Waals surface area (Å²) in [5, 5.41) is 2.56. The zero-order chi connectivity index (χ0) is 22.2. The molecule has 160 valence electrons. The molecule has 0 unspecified atom stereocenters. The van der Waals surface area contributed by atoms with Crippen molar-refractivity contribution >= 4 is 48.6 Å². The molecule has 0 bridgehead atoms. The highest BCUT2D eigenvalue weighted by Crippen LogP contribution is 2.60. The van der Waals surface area contributed by atoms with E-state index in [9.17, 15) is 0 Å². The summed E-state index contributed by atoms with van der Waals surface area (Å²) < 4.78 is 15.5. The first kappa shape index (κ1) is 18.2. The van der Waals surface area contributed by atoms with Crippen molar-refractivity contribution in [3.05, 3.63) is 103 Å². The number of rotatable bonds is 1. The summed E-state index contributed by atoms with van der Waals surface area (Å²) >= 11 is 1.83. The van der Waals surface area contributed by atoms with E-state index < -0.39 is 0 Å². The zero-order valence-electron chi connectivity index (χ0n) is 18.0. The number of hydrogen-bond acceptors (Lipinski definition) is 4. The van der Waals surface area contributed by atoms with Crippen molar-refractivity contribution in [2.45, 2.75) is 0 Å². The van der Waals surface area contributed by atoms with Crippen LogP contribution in [0.1, 0.15) is 0 Å². The van der Waals surface area contributed by atoms with E-state index in [2.05, 4.69) is 71.6 Å². The van der Waals surface area contributed by atoms with Gasteiger partial charge in [-0.05, 0) is 59.7 Å². The van der Waals surface area contributed by atoms with E-state index in [-0.39, 0.29) is 0 Å². The van der Waals surface area contributed by atoms with Crippen LogP contribution in [0.25, 0.3) is 31.3 Å². The van der Waals surface area contributed by atoms with E-state index in [1.807, 2.05) is 47.7 Å². The number of benzene rings is 5. The third-order valence-corrected chi connectivity index (χ3v) is 7.77. The van der Waals surface area contributed by atoms with Gasteiger partial charge in [-0.15, -0.1) is 11.3 Å². The monoisotopic (exact) mass is 455 g/mol. The van der Waals surface area contributed by atoms with Crippen LogP contribution >= 0.6 is 11.3 Å². The second kappa shape index (κ2) is 6.62. The van der Waals surface area contributed by atoms with E-state index in [4.69, 9.17) is 9.47 Å². The van der Waals surface area contributed by atoms with Gasteiger partial charge in [0, 0.05) is 20.2 Å². The van der Waals surface area contributed by atoms with Crippen molar-refractivity contribution in [3.8, 4) is 34.1 Å². The highest BCUT2D eigenvalue weighted by molar-refractivity contribution is 7.25. The van der Waals surface area contributed by atoms with E-state index >= 15 is 0 Å². The molecule has 2 aliphatic heterocycles. The molecule has 0 atom stereocenters. The number of nitrogens with zero attached hydrogens (tertiary/aromatic N) is 1. The Morgan fingerprint density at radius 2 is 1.18 bits per heavy atom. The van der Waals surface area contributed by atoms with Crippen LogP contribution in [0, 0.1) is 0 Å². The molecular formula is C30H17NO2S. The first-order valence-electron chi connectivity index (χ1n) is 11.3. The molecule has 0 fully saturated rings. The van der Waals surface area contributed by atoms with Crippen molar-refractivity contribution in [1.29, 1.82) is 0 Å². The maximum atomic E-state index is 6.46. The summed E-state index contributed by atoms with van der Waals surface area (Å²) in [7, 11) is 0. The molecule has 0 saturated heterocycles. The Bertz CT molecular complexity index is 1710. The van der Waals surface area contributed by atoms with Gasteiger partial charge in [-0.1, -0.05) is 54.6 Å². The second-order valence-electron chi connectivity index (χ2n) is 8.57. The maximum absolute atomic E-state index is 6.46. The molecule has 0 saturated carbocycles. The van der Waals surface area contributed by atoms with Crippen LogP contribution < -0.4 is 14.4 Å². The molecule has 4 heteroatoms. The molecule has 0 N–H and O–H groups in total. The normalized spacial score (nSPS) is 13.1. The lowest BCUT2D eigenvalue weighted by Gasteiger charge is -2.38. The van der Waals surface area contributed by atoms with Crippen LogP contribution in [0.2, 0.25) is 0 Å². The SMILES string of the molecule is c1ccc2c(c1)Oc1cc(-c3cccc4sc5ccccc5c34)cc3c1N2c1ccccc1O3. The van der Waals surface area contributed by atoms with Crippen LogP contribution in [0.4, 0.5) is 17.1 Å². The Morgan fingerprint density at radius 3 is 1.91 bits per heavy atom. The van der Waals surface area contributed by atoms with Crippen molar-refractivity contribution in [3.63, 3.8) is 0 Å². The van der Waals surface area contributed by atoms with Gasteiger partial charge in [0.2, 0.25) is 0 Å². The van der Waals surface area contributed by atoms with Gasteiger partial charge in [0.15, 0.2) is 23.0 Å². The molecule has 3 nitrogen and oxygen atoms in total. The molecule has 5 aromatic carbocycles. The standard InChI is InChI=1S/C30H17NO2S/c1-6-14-27-20(8-1)29-19(9-7-15-28(29)34-27)18-16-25-30-26(17-18)33-24-13-5-3-11-22(24)31(30)21-10-2-4-12-23(21)32-25/h1-17H. The van der Waals surface area contributed by atoms with Gasteiger partial charge in [-0.3, -0.25) is 4.90 Å². The third kappa shape index (κ3) is 2.40. The number of anilines is 3. The first-order chi connectivity index (χ1) is 16.8. The Balaban J connectivity index is 1.42. The Hall–Kier alpha value is -4.28. The number of hydrogen-bond donors (Lipinski definition) is 0. The van der Waals surface area contributed by atoms with E-state index in [1.54, 1.807) is 0 Å². The molecular weight excluding hydrogens is 438 g/mol. The molecule has 1 aromatic heterocycles. The van der Waals surface area contributed by atoms with Gasteiger partial charge in [0.05, 0.1) is 11.4 Å². The fourth-order valence-corrected chi connectivity index (χ4v) is 6.33. The first-order valence-corrected chi connectivity index (χ1v) is 12.1. The highest BCUT2D eigenvalue weighted by Gasteiger charge is 2.35. The van der Waals surface area contributed by atoms with Crippen LogP contribution in [0.15, 0.2) is 103 Å². The molecule has 34 heavy (non-hydrogen) atoms. The summed E-state index contributed by atoms with van der Waals surface area (Å²) in [5.41, 5.74) is 5.26. The van der Waals surface area contributed by atoms with Gasteiger partial charge in [-0.25, -0.2) is 0 Å². The summed E-state index contributed by atoms with van der Waals surface area (Å²) in [6.07, 6.45) is 0. The third-order valence-electron chi connectivity index (χ3n) is 6.63. The van der Waals surface area contributed by atoms with Crippen molar-refractivity contribution in [1.82, 2.24) is 0 Å². The van der Waals surface area contributed by atoms with Crippen molar-refractivity contribution in [2.24, 2.45) is 0 Å². The van der Waals surface area contributed by atoms with Gasteiger partial charge in [0.1, 0.15) is 5.69 Å². The molecule has 6 aromatic rings. The maximum Gasteiger partial charge on any atom is 0.156 e. The molecule has 8 rings (SSSR count). The van der Waals surface area contributed by atoms with Gasteiger partial charge in [0.25, 0.3) is 0 Å². The van der Waals surface area contributed by atoms with E-state index in [0.29, 0.717) is 0 Å². The van der Waals surface area contributed by atoms with Crippen molar-refractivity contribution in [2.75, 3.05) is 4.90 Å². The van der Waals surface area contributed by atoms with Gasteiger partial charge in [-0.2, -0.15) is 0 Å². The molecule has 0 amide bonds. The minimum Gasteiger partial charge on any atom is -0.453 e. The highest BCUT2D eigenvalue weighted by atomic mass is 32.1. The lowest BCUT2D eigenvalue weighted by atomic mass is 9.97. The van der Waals surface area contributed by atoms with E-state index in [1.165, 1.54) is 25.7 Å². The van der Waals surface area contributed by atoms with Gasteiger partial charge < -0.3 is 9.47 Å². The van der Waals surface area contributed by atoms with E-state index in [0.717, 1.165) is 45.6 Å². The fourth-order valence-electron chi connectivity index (χ4n) is 5.19. The smallest absolute Gasteiger partial charge is 0.156 e. The molecule has 0 radical (unpaired) electrons. The van der Waals surface area contributed by atoms with Crippen LogP contribution in [0.3, 0.4) is 0 Å². The molecule has 0 aliphatic carbocycles. The lowest BCUT2D eigenvalue weighted by molar-refractivity contribution is 0.446. The Labute approximate surface area is 200 Å². The zero-order valence-corrected chi connectivity index (χ0v) is 18.8. The summed E-state index contributed by atoms with van der Waals surface area (Å²) in [4.78, 5) is 2.26. The number of para-hydroxylation sites is 4. The lowest BCUT2D eigenvalue weighted by Crippen LogP contribution is -2.20. The Morgan fingerprint density at radius 1 is 0.559 bits per heavy atom. The fraction of sp³-hybridized carbons (Fsp3) is 0. The number of fused-ring (bicyclic) bond motifs is 7. The summed E-state index contributed by atoms with van der Waals surface area (Å²) in [6.45, 7) is 0. The van der Waals surface area contributed by atoms with Crippen LogP contribution in [0.5, 0.6) is 23.0 Å².